The van der Waals surface area contributed by atoms with E-state index in [1.807, 2.05) is 0 Å². The zero-order valence-corrected chi connectivity index (χ0v) is 18.0. The number of halogens is 2. The zero-order valence-electron chi connectivity index (χ0n) is 17.2. The number of anilines is 2. The van der Waals surface area contributed by atoms with Crippen molar-refractivity contribution in [2.75, 3.05) is 17.4 Å². The van der Waals surface area contributed by atoms with Crippen LogP contribution < -0.4 is 10.4 Å². The minimum absolute atomic E-state index is 0.198. The molecular weight excluding hydrogens is 454 g/mol. The molecule has 2 aromatic heterocycles. The Morgan fingerprint density at radius 3 is 2.58 bits per heavy atom. The number of hydrogen-bond donors (Lipinski definition) is 2. The molecule has 0 fully saturated rings. The maximum atomic E-state index is 15.2. The molecule has 4 rings (SSSR count). The van der Waals surface area contributed by atoms with Crippen molar-refractivity contribution in [1.82, 2.24) is 9.55 Å². The molecule has 0 aliphatic rings. The average molecular weight is 472 g/mol. The summed E-state index contributed by atoms with van der Waals surface area (Å²) in [4.78, 5) is 15.0. The number of carbonyl (C=O) groups excluding carboxylic acids is 1. The third-order valence-electron chi connectivity index (χ3n) is 5.04. The Labute approximate surface area is 189 Å². The normalized spacial score (nSPS) is 12.5. The Hall–Kier alpha value is -3.67. The summed E-state index contributed by atoms with van der Waals surface area (Å²) in [5.41, 5.74) is 0.932. The molecule has 8 nitrogen and oxygen atoms in total. The first-order valence-electron chi connectivity index (χ1n) is 9.59. The molecule has 1 amide bonds. The monoisotopic (exact) mass is 472 g/mol. The average Bonchev–Trinajstić information content (AvgIpc) is 3.16. The van der Waals surface area contributed by atoms with E-state index in [-0.39, 0.29) is 11.1 Å². The first-order chi connectivity index (χ1) is 15.8. The molecule has 1 unspecified atom stereocenters. The van der Waals surface area contributed by atoms with E-state index >= 15 is 8.78 Å². The van der Waals surface area contributed by atoms with Crippen molar-refractivity contribution in [2.24, 2.45) is 0 Å². The molecule has 0 saturated heterocycles. The standard InChI is InChI=1S/C22H18F2N4O4S/c1-27(32-33(30)31)18-6-5-15-11-21(26-14-29)28(20(15)13-18)19-4-2-3-17(12-19)22(23,24)16-7-9-25-10-8-16/h2-14H,1H3,(H,26,29)(H,30,31). The predicted octanol–water partition coefficient (Wildman–Crippen LogP) is 4.24. The number of nitrogens with zero attached hydrogens (tertiary/aromatic N) is 3. The smallest absolute Gasteiger partial charge is 0.314 e. The van der Waals surface area contributed by atoms with Gasteiger partial charge in [-0.15, -0.1) is 4.28 Å². The van der Waals surface area contributed by atoms with Gasteiger partial charge < -0.3 is 5.32 Å². The van der Waals surface area contributed by atoms with E-state index in [4.69, 9.17) is 8.84 Å². The number of hydroxylamine groups is 1. The van der Waals surface area contributed by atoms with Crippen molar-refractivity contribution in [3.8, 4) is 5.69 Å². The van der Waals surface area contributed by atoms with Crippen LogP contribution in [-0.2, 0) is 26.4 Å². The summed E-state index contributed by atoms with van der Waals surface area (Å²) in [7, 11) is 1.45. The van der Waals surface area contributed by atoms with Gasteiger partial charge in [-0.05, 0) is 42.5 Å². The fourth-order valence-corrected chi connectivity index (χ4v) is 3.81. The minimum Gasteiger partial charge on any atom is -0.314 e. The number of benzene rings is 2. The van der Waals surface area contributed by atoms with E-state index in [9.17, 15) is 9.00 Å². The lowest BCUT2D eigenvalue weighted by molar-refractivity contribution is -0.105. The maximum absolute atomic E-state index is 15.2. The van der Waals surface area contributed by atoms with Crippen LogP contribution in [0.25, 0.3) is 16.6 Å². The Morgan fingerprint density at radius 2 is 1.88 bits per heavy atom. The maximum Gasteiger partial charge on any atom is 0.325 e. The second kappa shape index (κ2) is 9.06. The van der Waals surface area contributed by atoms with Crippen LogP contribution in [0.3, 0.4) is 0 Å². The predicted molar refractivity (Wildman–Crippen MR) is 120 cm³/mol. The van der Waals surface area contributed by atoms with E-state index < -0.39 is 17.3 Å². The molecule has 4 aromatic rings. The highest BCUT2D eigenvalue weighted by atomic mass is 32.2. The van der Waals surface area contributed by atoms with Crippen LogP contribution >= 0.6 is 0 Å². The van der Waals surface area contributed by atoms with Crippen molar-refractivity contribution in [3.63, 3.8) is 0 Å². The molecule has 0 aliphatic heterocycles. The largest absolute Gasteiger partial charge is 0.325 e. The summed E-state index contributed by atoms with van der Waals surface area (Å²) in [6, 6.07) is 15.0. The van der Waals surface area contributed by atoms with Crippen LogP contribution in [0, 0.1) is 0 Å². The Kier molecular flexibility index (Phi) is 6.18. The second-order valence-electron chi connectivity index (χ2n) is 7.02. The fraction of sp³-hybridized carbons (Fsp3) is 0.0909. The summed E-state index contributed by atoms with van der Waals surface area (Å²) in [6.07, 6.45) is 3.10. The summed E-state index contributed by atoms with van der Waals surface area (Å²) < 4.78 is 56.7. The van der Waals surface area contributed by atoms with Gasteiger partial charge in [0, 0.05) is 41.6 Å². The molecule has 0 bridgehead atoms. The highest BCUT2D eigenvalue weighted by Gasteiger charge is 2.34. The van der Waals surface area contributed by atoms with Gasteiger partial charge in [0.2, 0.25) is 6.41 Å². The second-order valence-corrected chi connectivity index (χ2v) is 7.60. The number of nitrogens with one attached hydrogen (secondary N) is 1. The fourth-order valence-electron chi connectivity index (χ4n) is 3.54. The van der Waals surface area contributed by atoms with E-state index in [0.29, 0.717) is 34.5 Å². The minimum atomic E-state index is -3.27. The molecule has 0 aliphatic carbocycles. The van der Waals surface area contributed by atoms with Gasteiger partial charge >= 0.3 is 11.4 Å². The molecule has 2 N–H and O–H groups in total. The lowest BCUT2D eigenvalue weighted by Gasteiger charge is -2.19. The number of carbonyl (C=O) groups is 1. The van der Waals surface area contributed by atoms with Gasteiger partial charge in [0.1, 0.15) is 5.82 Å². The molecule has 2 aromatic carbocycles. The Morgan fingerprint density at radius 1 is 1.12 bits per heavy atom. The van der Waals surface area contributed by atoms with Gasteiger partial charge in [-0.3, -0.25) is 18.9 Å². The lowest BCUT2D eigenvalue weighted by Crippen LogP contribution is -2.18. The van der Waals surface area contributed by atoms with Crippen molar-refractivity contribution in [1.29, 1.82) is 0 Å². The number of pyridine rings is 1. The van der Waals surface area contributed by atoms with Crippen LogP contribution in [0.5, 0.6) is 0 Å². The third kappa shape index (κ3) is 4.46. The van der Waals surface area contributed by atoms with E-state index in [0.717, 1.165) is 5.06 Å². The highest BCUT2D eigenvalue weighted by Crippen LogP contribution is 2.37. The summed E-state index contributed by atoms with van der Waals surface area (Å²) in [5.74, 6) is -2.92. The summed E-state index contributed by atoms with van der Waals surface area (Å²) in [5, 5.41) is 4.39. The SMILES string of the molecule is CN(OS(=O)O)c1ccc2cc(NC=O)n(-c3cccc(C(F)(F)c4ccncc4)c3)c2c1. The van der Waals surface area contributed by atoms with Gasteiger partial charge in [-0.25, -0.2) is 5.06 Å². The molecule has 0 spiro atoms. The molecule has 2 heterocycles. The summed E-state index contributed by atoms with van der Waals surface area (Å²) >= 11 is -2.53. The van der Waals surface area contributed by atoms with Crippen molar-refractivity contribution < 1.29 is 26.6 Å². The van der Waals surface area contributed by atoms with Crippen LogP contribution in [0.4, 0.5) is 20.3 Å². The van der Waals surface area contributed by atoms with E-state index in [1.165, 1.54) is 49.8 Å². The van der Waals surface area contributed by atoms with E-state index in [2.05, 4.69) is 10.3 Å². The molecular formula is C22H18F2N4O4S. The molecule has 0 saturated carbocycles. The molecule has 33 heavy (non-hydrogen) atoms. The third-order valence-corrected chi connectivity index (χ3v) is 5.39. The van der Waals surface area contributed by atoms with Crippen LogP contribution in [-0.4, -0.2) is 31.8 Å². The quantitative estimate of drug-likeness (QED) is 0.226. The van der Waals surface area contributed by atoms with Gasteiger partial charge in [0.25, 0.3) is 5.92 Å². The number of aromatic nitrogens is 2. The number of hydrogen-bond acceptors (Lipinski definition) is 5. The number of rotatable bonds is 8. The van der Waals surface area contributed by atoms with Crippen molar-refractivity contribution in [2.45, 2.75) is 5.92 Å². The van der Waals surface area contributed by atoms with E-state index in [1.54, 1.807) is 34.9 Å². The lowest BCUT2D eigenvalue weighted by atomic mass is 10.0. The van der Waals surface area contributed by atoms with Crippen molar-refractivity contribution in [3.05, 3.63) is 84.2 Å². The first-order valence-corrected chi connectivity index (χ1v) is 10.6. The number of alkyl halides is 2. The highest BCUT2D eigenvalue weighted by molar-refractivity contribution is 7.74. The molecule has 170 valence electrons. The number of fused-ring (bicyclic) bond motifs is 1. The molecule has 0 radical (unpaired) electrons. The van der Waals surface area contributed by atoms with Crippen LogP contribution in [0.15, 0.2) is 73.1 Å². The van der Waals surface area contributed by atoms with Gasteiger partial charge in [-0.1, -0.05) is 18.2 Å². The molecule has 11 heteroatoms. The van der Waals surface area contributed by atoms with Crippen molar-refractivity contribution >= 4 is 40.2 Å². The summed E-state index contributed by atoms with van der Waals surface area (Å²) in [6.45, 7) is 0. The Bertz CT molecular complexity index is 1330. The van der Waals surface area contributed by atoms with Gasteiger partial charge in [0.15, 0.2) is 0 Å². The zero-order chi connectivity index (χ0) is 23.6. The Balaban J connectivity index is 1.86. The topological polar surface area (TPSA) is 96.7 Å². The first kappa shape index (κ1) is 22.5. The number of amides is 1. The van der Waals surface area contributed by atoms with Crippen LogP contribution in [0.1, 0.15) is 11.1 Å². The van der Waals surface area contributed by atoms with Gasteiger partial charge in [0.05, 0.1) is 11.2 Å². The van der Waals surface area contributed by atoms with Crippen LogP contribution in [0.2, 0.25) is 0 Å². The molecule has 1 atom stereocenters. The van der Waals surface area contributed by atoms with Gasteiger partial charge in [-0.2, -0.15) is 13.0 Å².